The van der Waals surface area contributed by atoms with E-state index in [4.69, 9.17) is 0 Å². The minimum atomic E-state index is -0.0440. The zero-order chi connectivity index (χ0) is 4.28. The van der Waals surface area contributed by atoms with Crippen molar-refractivity contribution in [1.82, 2.24) is 0 Å². The maximum absolute atomic E-state index is 9.67. The van der Waals surface area contributed by atoms with E-state index in [0.717, 1.165) is 0 Å². The van der Waals surface area contributed by atoms with Crippen molar-refractivity contribution in [2.45, 2.75) is 0 Å². The van der Waals surface area contributed by atoms with Crippen LogP contribution in [0.25, 0.3) is 0 Å². The van der Waals surface area contributed by atoms with Crippen LogP contribution in [0.4, 0.5) is 0 Å². The Balaban J connectivity index is -0.0000000800. The van der Waals surface area contributed by atoms with E-state index in [1.165, 1.54) is 6.08 Å². The normalized spacial score (nSPS) is 4.57. The fourth-order valence-electron chi connectivity index (χ4n) is 0. The van der Waals surface area contributed by atoms with E-state index in [9.17, 15) is 4.79 Å². The van der Waals surface area contributed by atoms with Gasteiger partial charge in [0.1, 0.15) is 0 Å². The Kier molecular flexibility index (Phi) is 21.8. The summed E-state index contributed by atoms with van der Waals surface area (Å²) in [6.45, 7) is 3.20. The van der Waals surface area contributed by atoms with Crippen molar-refractivity contribution in [3.05, 3.63) is 20.1 Å². The molecule has 0 aliphatic heterocycles. The maximum Gasteiger partial charge on any atom is 0 e. The molecule has 0 bridgehead atoms. The van der Waals surface area contributed by atoms with Crippen molar-refractivity contribution in [1.29, 1.82) is 0 Å². The Hall–Kier alpha value is 0.579. The van der Waals surface area contributed by atoms with Gasteiger partial charge < -0.3 is 0 Å². The molecule has 0 atom stereocenters. The minimum Gasteiger partial charge on any atom is 0 e. The molecule has 5 radical (unpaired) electrons. The molecular weight excluding hydrogens is 166 g/mol. The molecule has 1 nitrogen and oxygen atoms in total. The summed E-state index contributed by atoms with van der Waals surface area (Å²) in [5, 5.41) is 0. The molecule has 3 heteroatoms. The monoisotopic (exact) mass is 169 g/mol. The van der Waals surface area contributed by atoms with Crippen LogP contribution in [0.2, 0.25) is 0 Å². The first-order valence-electron chi connectivity index (χ1n) is 1.12. The van der Waals surface area contributed by atoms with Gasteiger partial charge in [-0.15, -0.1) is 0 Å². The molecule has 0 rings (SSSR count). The summed E-state index contributed by atoms with van der Waals surface area (Å²) in [6, 6.07) is 0. The van der Waals surface area contributed by atoms with E-state index < -0.39 is 0 Å². The van der Waals surface area contributed by atoms with Crippen LogP contribution in [-0.4, -0.2) is 4.49 Å². The number of allylic oxidation sites excluding steroid dienone is 1. The van der Waals surface area contributed by atoms with Gasteiger partial charge in [-0.2, -0.15) is 0 Å². The molecule has 7 heavy (non-hydrogen) atoms. The fourth-order valence-corrected chi connectivity index (χ4v) is 0. The number of rotatable bonds is 1. The molecule has 0 N–H and O–H groups in total. The molecule has 0 fully saturated rings. The fraction of sp³-hybridized carbons (Fsp3) is 0. The predicted molar refractivity (Wildman–Crippen MR) is 18.4 cm³/mol. The van der Waals surface area contributed by atoms with Gasteiger partial charge in [0, 0.05) is 26.0 Å². The molecule has 0 unspecified atom stereocenters. The molecule has 0 aromatic carbocycles. The molecule has 0 aliphatic carbocycles. The van der Waals surface area contributed by atoms with Gasteiger partial charge in [0.05, 0.1) is 0 Å². The van der Waals surface area contributed by atoms with E-state index in [-0.39, 0.29) is 30.5 Å². The van der Waals surface area contributed by atoms with E-state index >= 15 is 0 Å². The van der Waals surface area contributed by atoms with Crippen LogP contribution < -0.4 is 0 Å². The van der Waals surface area contributed by atoms with Gasteiger partial charge in [0.15, 0.2) is 0 Å². The van der Waals surface area contributed by atoms with Crippen LogP contribution >= 0.6 is 0 Å². The molecular formula is C4H3OV2. The zero-order valence-electron chi connectivity index (χ0n) is 3.59. The van der Waals surface area contributed by atoms with Gasteiger partial charge >= 0.3 is 39.4 Å². The average Bonchev–Trinajstić information content (AvgIpc) is 1.38. The Morgan fingerprint density at radius 3 is 1.86 bits per heavy atom. The third kappa shape index (κ3) is 20.7. The van der Waals surface area contributed by atoms with E-state index in [0.29, 0.717) is 0 Å². The smallest absolute Gasteiger partial charge is 0 e. The molecule has 0 heterocycles. The quantitative estimate of drug-likeness (QED) is 0.516. The first-order chi connectivity index (χ1) is 2.27. The number of hydrogen-bond donors (Lipinski definition) is 0. The molecule has 0 spiro atoms. The molecule has 0 saturated heterocycles. The number of carbonyl (C=O) groups is 1. The summed E-state index contributed by atoms with van der Waals surface area (Å²) in [5.74, 6) is 0. The Morgan fingerprint density at radius 1 is 1.71 bits per heavy atom. The van der Waals surface area contributed by atoms with Crippen molar-refractivity contribution in [3.8, 4) is 0 Å². The van der Waals surface area contributed by atoms with Gasteiger partial charge in [-0.25, -0.2) is 0 Å². The van der Waals surface area contributed by atoms with E-state index in [2.05, 4.69) is 6.58 Å². The molecule has 35 valence electrons. The van der Waals surface area contributed by atoms with Crippen molar-refractivity contribution in [2.75, 3.05) is 0 Å². The van der Waals surface area contributed by atoms with E-state index in [1.807, 2.05) is 17.4 Å². The first kappa shape index (κ1) is 15.6. The second-order valence-electron chi connectivity index (χ2n) is 0.542. The molecule has 0 aromatic heterocycles. The summed E-state index contributed by atoms with van der Waals surface area (Å²) in [6.07, 6.45) is 1.25. The summed E-state index contributed by atoms with van der Waals surface area (Å²) in [7, 11) is 0. The predicted octanol–water partition coefficient (Wildman–Crippen LogP) is 0.325. The largest absolute Gasteiger partial charge is 0 e. The van der Waals surface area contributed by atoms with Crippen LogP contribution in [0.1, 0.15) is 0 Å². The Morgan fingerprint density at radius 2 is 1.86 bits per heavy atom. The number of carbonyl (C=O) groups excluding carboxylic acids is 1. The maximum atomic E-state index is 9.67. The third-order valence-corrected chi connectivity index (χ3v) is 0.460. The van der Waals surface area contributed by atoms with Crippen molar-refractivity contribution < 1.29 is 40.8 Å². The zero-order valence-corrected chi connectivity index (χ0v) is 6.38. The summed E-state index contributed by atoms with van der Waals surface area (Å²) in [4.78, 5) is 9.67. The van der Waals surface area contributed by atoms with Crippen LogP contribution in [0.5, 0.6) is 0 Å². The van der Waals surface area contributed by atoms with Crippen molar-refractivity contribution >= 4 is 4.49 Å². The average molecular weight is 169 g/mol. The topological polar surface area (TPSA) is 17.1 Å². The summed E-state index contributed by atoms with van der Waals surface area (Å²) in [5.41, 5.74) is 0. The Bertz CT molecular complexity index is 60.7. The van der Waals surface area contributed by atoms with Crippen LogP contribution in [-0.2, 0) is 40.8 Å². The van der Waals surface area contributed by atoms with Crippen LogP contribution in [0.15, 0.2) is 12.7 Å². The van der Waals surface area contributed by atoms with Gasteiger partial charge in [0.2, 0.25) is 0 Å². The minimum absolute atomic E-state index is 0. The molecule has 0 aliphatic rings. The second-order valence-corrected chi connectivity index (χ2v) is 1.23. The molecule has 0 saturated carbocycles. The standard InChI is InChI=1S/C3H3O.C.2V/c1-2-3-4;;;/h2H,1H2;;;. The van der Waals surface area contributed by atoms with Gasteiger partial charge in [-0.05, 0) is 0 Å². The van der Waals surface area contributed by atoms with Gasteiger partial charge in [-0.1, -0.05) is 0 Å². The van der Waals surface area contributed by atoms with Crippen LogP contribution in [0.3, 0.4) is 0 Å². The van der Waals surface area contributed by atoms with Crippen LogP contribution in [0, 0.1) is 7.43 Å². The van der Waals surface area contributed by atoms with Crippen molar-refractivity contribution in [3.63, 3.8) is 0 Å². The van der Waals surface area contributed by atoms with Gasteiger partial charge in [-0.3, -0.25) is 0 Å². The second kappa shape index (κ2) is 9.77. The van der Waals surface area contributed by atoms with Gasteiger partial charge in [0.25, 0.3) is 0 Å². The number of hydrogen-bond acceptors (Lipinski definition) is 1. The van der Waals surface area contributed by atoms with Crippen molar-refractivity contribution in [2.24, 2.45) is 0 Å². The third-order valence-electron chi connectivity index (χ3n) is 0.175. The molecule has 0 aromatic rings. The van der Waals surface area contributed by atoms with E-state index in [1.54, 1.807) is 0 Å². The first-order valence-corrected chi connectivity index (χ1v) is 1.82. The summed E-state index contributed by atoms with van der Waals surface area (Å²) < 4.78 is -0.0440. The molecule has 0 amide bonds. The Labute approximate surface area is 65.4 Å². The summed E-state index contributed by atoms with van der Waals surface area (Å²) >= 11 is 1.85. The SMILES string of the molecule is C=C[C](=O)[V].[C].[V].